The summed E-state index contributed by atoms with van der Waals surface area (Å²) >= 11 is 3.20. The van der Waals surface area contributed by atoms with Crippen LogP contribution in [0, 0.1) is 0 Å². The molecule has 1 atom stereocenters. The molecular formula is C13H15BrO4. The second-order valence-corrected chi connectivity index (χ2v) is 5.18. The lowest BCUT2D eigenvalue weighted by Gasteiger charge is -2.11. The molecule has 1 aromatic rings. The highest BCUT2D eigenvalue weighted by Gasteiger charge is 2.18. The molecule has 0 fully saturated rings. The fraction of sp³-hybridized carbons (Fsp3) is 0.385. The summed E-state index contributed by atoms with van der Waals surface area (Å²) in [7, 11) is 0. The Morgan fingerprint density at radius 2 is 2.11 bits per heavy atom. The molecule has 18 heavy (non-hydrogen) atoms. The van der Waals surface area contributed by atoms with Crippen LogP contribution in [-0.2, 0) is 11.2 Å². The number of ketones is 1. The Hall–Kier alpha value is -1.36. The number of alkyl halides is 1. The van der Waals surface area contributed by atoms with Crippen molar-refractivity contribution in [3.05, 3.63) is 29.3 Å². The van der Waals surface area contributed by atoms with Crippen molar-refractivity contribution in [2.45, 2.75) is 25.1 Å². The second kappa shape index (κ2) is 6.54. The molecule has 0 heterocycles. The summed E-state index contributed by atoms with van der Waals surface area (Å²) in [5.74, 6) is -0.526. The molecule has 0 saturated carbocycles. The molecule has 0 aliphatic carbocycles. The predicted molar refractivity (Wildman–Crippen MR) is 71.7 cm³/mol. The largest absolute Gasteiger partial charge is 0.494 e. The number of carbonyl (C=O) groups is 2. The van der Waals surface area contributed by atoms with Crippen molar-refractivity contribution >= 4 is 27.7 Å². The number of benzene rings is 1. The van der Waals surface area contributed by atoms with Gasteiger partial charge in [0.25, 0.3) is 0 Å². The standard InChI is InChI=1S/C13H15BrO4/c1-3-18-10-4-5-11(13(17)8(2)14)9(6-10)7-12(15)16/h4-6,8H,3,7H2,1-2H3,(H,15,16). The van der Waals surface area contributed by atoms with E-state index in [9.17, 15) is 9.59 Å². The van der Waals surface area contributed by atoms with E-state index in [1.54, 1.807) is 25.1 Å². The molecule has 0 aromatic heterocycles. The van der Waals surface area contributed by atoms with Crippen LogP contribution in [-0.4, -0.2) is 28.3 Å². The van der Waals surface area contributed by atoms with Crippen LogP contribution in [0.3, 0.4) is 0 Å². The number of halogens is 1. The molecule has 0 saturated heterocycles. The van der Waals surface area contributed by atoms with Crippen LogP contribution in [0.2, 0.25) is 0 Å². The quantitative estimate of drug-likeness (QED) is 0.647. The number of rotatable bonds is 6. The first-order valence-corrected chi connectivity index (χ1v) is 6.53. The van der Waals surface area contributed by atoms with E-state index >= 15 is 0 Å². The number of hydrogen-bond donors (Lipinski definition) is 1. The molecule has 0 bridgehead atoms. The smallest absolute Gasteiger partial charge is 0.307 e. The normalized spacial score (nSPS) is 11.9. The highest BCUT2D eigenvalue weighted by atomic mass is 79.9. The zero-order chi connectivity index (χ0) is 13.7. The van der Waals surface area contributed by atoms with Gasteiger partial charge in [0.2, 0.25) is 0 Å². The van der Waals surface area contributed by atoms with Crippen molar-refractivity contribution in [2.24, 2.45) is 0 Å². The van der Waals surface area contributed by atoms with Crippen LogP contribution in [0.1, 0.15) is 29.8 Å². The SMILES string of the molecule is CCOc1ccc(C(=O)C(C)Br)c(CC(=O)O)c1. The van der Waals surface area contributed by atoms with Crippen LogP contribution in [0.15, 0.2) is 18.2 Å². The number of carboxylic acids is 1. The first-order valence-electron chi connectivity index (χ1n) is 5.61. The van der Waals surface area contributed by atoms with Crippen molar-refractivity contribution in [3.63, 3.8) is 0 Å². The Morgan fingerprint density at radius 1 is 1.44 bits per heavy atom. The minimum atomic E-state index is -0.972. The molecule has 1 rings (SSSR count). The average Bonchev–Trinajstić information content (AvgIpc) is 2.28. The van der Waals surface area contributed by atoms with Crippen molar-refractivity contribution in [1.29, 1.82) is 0 Å². The van der Waals surface area contributed by atoms with E-state index in [1.165, 1.54) is 0 Å². The van der Waals surface area contributed by atoms with E-state index in [0.717, 1.165) is 0 Å². The molecule has 0 spiro atoms. The van der Waals surface area contributed by atoms with Gasteiger partial charge in [-0.2, -0.15) is 0 Å². The van der Waals surface area contributed by atoms with Gasteiger partial charge in [0.15, 0.2) is 5.78 Å². The number of Topliss-reactive ketones (excluding diaryl/α,β-unsaturated/α-hetero) is 1. The molecule has 1 N–H and O–H groups in total. The predicted octanol–water partition coefficient (Wildman–Crippen LogP) is 2.68. The number of aliphatic carboxylic acids is 1. The number of carboxylic acid groups (broad SMARTS) is 1. The molecule has 0 aliphatic heterocycles. The van der Waals surface area contributed by atoms with E-state index < -0.39 is 5.97 Å². The van der Waals surface area contributed by atoms with Crippen molar-refractivity contribution in [2.75, 3.05) is 6.61 Å². The number of hydrogen-bond acceptors (Lipinski definition) is 3. The fourth-order valence-corrected chi connectivity index (χ4v) is 1.84. The topological polar surface area (TPSA) is 63.6 Å². The van der Waals surface area contributed by atoms with E-state index in [-0.39, 0.29) is 17.0 Å². The van der Waals surface area contributed by atoms with E-state index in [0.29, 0.717) is 23.5 Å². The van der Waals surface area contributed by atoms with Gasteiger partial charge in [-0.25, -0.2) is 0 Å². The van der Waals surface area contributed by atoms with E-state index in [1.807, 2.05) is 6.92 Å². The molecule has 1 aromatic carbocycles. The van der Waals surface area contributed by atoms with Gasteiger partial charge in [0.05, 0.1) is 17.9 Å². The lowest BCUT2D eigenvalue weighted by Crippen LogP contribution is -2.14. The van der Waals surface area contributed by atoms with E-state index in [2.05, 4.69) is 15.9 Å². The Bertz CT molecular complexity index is 454. The Morgan fingerprint density at radius 3 is 2.61 bits per heavy atom. The first-order chi connectivity index (χ1) is 8.45. The highest BCUT2D eigenvalue weighted by molar-refractivity contribution is 9.10. The van der Waals surface area contributed by atoms with E-state index in [4.69, 9.17) is 9.84 Å². The summed E-state index contributed by atoms with van der Waals surface area (Å²) in [4.78, 5) is 22.4. The molecule has 1 unspecified atom stereocenters. The summed E-state index contributed by atoms with van der Waals surface area (Å²) in [5, 5.41) is 8.87. The van der Waals surface area contributed by atoms with Crippen LogP contribution >= 0.6 is 15.9 Å². The number of ether oxygens (including phenoxy) is 1. The zero-order valence-electron chi connectivity index (χ0n) is 10.3. The maximum atomic E-state index is 11.9. The Labute approximate surface area is 114 Å². The van der Waals surface area contributed by atoms with Gasteiger partial charge in [-0.05, 0) is 37.6 Å². The van der Waals surface area contributed by atoms with Gasteiger partial charge < -0.3 is 9.84 Å². The second-order valence-electron chi connectivity index (χ2n) is 3.80. The van der Waals surface area contributed by atoms with Gasteiger partial charge in [-0.15, -0.1) is 0 Å². The number of carbonyl (C=O) groups excluding carboxylic acids is 1. The summed E-state index contributed by atoms with van der Waals surface area (Å²) < 4.78 is 5.31. The summed E-state index contributed by atoms with van der Waals surface area (Å²) in [6.45, 7) is 4.05. The van der Waals surface area contributed by atoms with Crippen molar-refractivity contribution in [3.8, 4) is 5.75 Å². The van der Waals surface area contributed by atoms with Gasteiger partial charge >= 0.3 is 5.97 Å². The minimum absolute atomic E-state index is 0.130. The van der Waals surface area contributed by atoms with Crippen LogP contribution in [0.25, 0.3) is 0 Å². The van der Waals surface area contributed by atoms with Gasteiger partial charge in [-0.1, -0.05) is 15.9 Å². The maximum absolute atomic E-state index is 11.9. The monoisotopic (exact) mass is 314 g/mol. The summed E-state index contributed by atoms with van der Waals surface area (Å²) in [6, 6.07) is 4.90. The zero-order valence-corrected chi connectivity index (χ0v) is 11.9. The third kappa shape index (κ3) is 3.84. The van der Waals surface area contributed by atoms with Crippen LogP contribution in [0.5, 0.6) is 5.75 Å². The van der Waals surface area contributed by atoms with Crippen LogP contribution in [0.4, 0.5) is 0 Å². The highest BCUT2D eigenvalue weighted by Crippen LogP contribution is 2.21. The lowest BCUT2D eigenvalue weighted by atomic mass is 9.99. The van der Waals surface area contributed by atoms with Gasteiger partial charge in [0, 0.05) is 5.56 Å². The summed E-state index contributed by atoms with van der Waals surface area (Å²) in [5.41, 5.74) is 0.898. The average molecular weight is 315 g/mol. The Kier molecular flexibility index (Phi) is 5.34. The molecular weight excluding hydrogens is 300 g/mol. The molecule has 98 valence electrons. The molecule has 5 heteroatoms. The van der Waals surface area contributed by atoms with Gasteiger partial charge in [-0.3, -0.25) is 9.59 Å². The third-order valence-electron chi connectivity index (χ3n) is 2.36. The third-order valence-corrected chi connectivity index (χ3v) is 2.77. The van der Waals surface area contributed by atoms with Crippen LogP contribution < -0.4 is 4.74 Å². The first kappa shape index (κ1) is 14.7. The van der Waals surface area contributed by atoms with Crippen molar-refractivity contribution in [1.82, 2.24) is 0 Å². The fourth-order valence-electron chi connectivity index (χ4n) is 1.59. The Balaban J connectivity index is 3.15. The van der Waals surface area contributed by atoms with Crippen molar-refractivity contribution < 1.29 is 19.4 Å². The maximum Gasteiger partial charge on any atom is 0.307 e. The minimum Gasteiger partial charge on any atom is -0.494 e. The summed E-state index contributed by atoms with van der Waals surface area (Å²) in [6.07, 6.45) is -0.193. The molecule has 0 radical (unpaired) electrons. The molecule has 0 amide bonds. The van der Waals surface area contributed by atoms with Gasteiger partial charge in [0.1, 0.15) is 5.75 Å². The lowest BCUT2D eigenvalue weighted by molar-refractivity contribution is -0.136. The molecule has 0 aliphatic rings. The molecule has 4 nitrogen and oxygen atoms in total.